The Labute approximate surface area is 73.9 Å². The van der Waals surface area contributed by atoms with Gasteiger partial charge < -0.3 is 10.3 Å². The maximum Gasteiger partial charge on any atom is 0.405 e. The molecule has 7 heteroatoms. The summed E-state index contributed by atoms with van der Waals surface area (Å²) in [6.07, 6.45) is -0.939. The smallest absolute Gasteiger partial charge is 0.361 e. The van der Waals surface area contributed by atoms with Crippen LogP contribution in [-0.4, -0.2) is 47.7 Å². The molecule has 0 unspecified atom stereocenters. The van der Waals surface area contributed by atoms with Crippen LogP contribution in [0.2, 0.25) is 0 Å². The second-order valence-corrected chi connectivity index (χ2v) is 2.44. The van der Waals surface area contributed by atoms with E-state index in [1.807, 2.05) is 5.32 Å². The number of carbonyl (C=O) groups is 2. The monoisotopic (exact) mass is 184 g/mol. The minimum Gasteiger partial charge on any atom is -0.361 e. The summed E-state index contributed by atoms with van der Waals surface area (Å²) in [6.45, 7) is 0. The molecule has 0 aromatic rings. The van der Waals surface area contributed by atoms with Gasteiger partial charge in [0.1, 0.15) is 0 Å². The van der Waals surface area contributed by atoms with Crippen LogP contribution >= 0.6 is 0 Å². The number of amides is 3. The van der Waals surface area contributed by atoms with Crippen molar-refractivity contribution in [3.63, 3.8) is 0 Å². The van der Waals surface area contributed by atoms with Gasteiger partial charge in [0.25, 0.3) is 0 Å². The Balaban J connectivity index is 3.04. The standard InChI is InChI=1S/C6H8N4O3/c1-10-5(13-2)3(9-7)4(11)8-6(10)12/h5H,1-2H3,(H,8,11,12)/t5-/m0/s1. The maximum atomic E-state index is 11.0. The first-order valence-electron chi connectivity index (χ1n) is 3.44. The van der Waals surface area contributed by atoms with Gasteiger partial charge in [-0.2, -0.15) is 4.79 Å². The third-order valence-corrected chi connectivity index (χ3v) is 1.69. The van der Waals surface area contributed by atoms with Gasteiger partial charge in [-0.15, -0.1) is 0 Å². The molecule has 7 nitrogen and oxygen atoms in total. The molecule has 0 bridgehead atoms. The van der Waals surface area contributed by atoms with Crippen molar-refractivity contribution >= 4 is 17.6 Å². The number of methoxy groups -OCH3 is 1. The van der Waals surface area contributed by atoms with Crippen molar-refractivity contribution in [2.24, 2.45) is 0 Å². The third-order valence-electron chi connectivity index (χ3n) is 1.69. The van der Waals surface area contributed by atoms with Gasteiger partial charge in [-0.25, -0.2) is 4.79 Å². The molecule has 1 aliphatic rings. The lowest BCUT2D eigenvalue weighted by Crippen LogP contribution is -2.60. The van der Waals surface area contributed by atoms with Crippen LogP contribution in [0.25, 0.3) is 5.53 Å². The van der Waals surface area contributed by atoms with Crippen LogP contribution in [0.1, 0.15) is 0 Å². The highest BCUT2D eigenvalue weighted by Gasteiger charge is 2.42. The summed E-state index contributed by atoms with van der Waals surface area (Å²) in [5.74, 6) is -0.752. The zero-order valence-corrected chi connectivity index (χ0v) is 7.14. The Kier molecular flexibility index (Phi) is 2.41. The molecule has 0 radical (unpaired) electrons. The summed E-state index contributed by atoms with van der Waals surface area (Å²) in [5, 5.41) is 1.97. The maximum absolute atomic E-state index is 11.0. The van der Waals surface area contributed by atoms with Crippen LogP contribution in [0.4, 0.5) is 4.79 Å². The van der Waals surface area contributed by atoms with Crippen LogP contribution in [0, 0.1) is 0 Å². The average molecular weight is 184 g/mol. The Bertz CT molecular complexity index is 307. The summed E-state index contributed by atoms with van der Waals surface area (Å²) in [7, 11) is 2.72. The number of imide groups is 1. The average Bonchev–Trinajstić information content (AvgIpc) is 2.10. The van der Waals surface area contributed by atoms with Gasteiger partial charge in [0.05, 0.1) is 0 Å². The fourth-order valence-electron chi connectivity index (χ4n) is 1.02. The van der Waals surface area contributed by atoms with Crippen LogP contribution in [0.15, 0.2) is 0 Å². The van der Waals surface area contributed by atoms with Crippen molar-refractivity contribution in [2.75, 3.05) is 14.2 Å². The summed E-state index contributed by atoms with van der Waals surface area (Å²) >= 11 is 0. The Morgan fingerprint density at radius 1 is 1.62 bits per heavy atom. The van der Waals surface area contributed by atoms with E-state index < -0.39 is 18.2 Å². The third kappa shape index (κ3) is 1.42. The van der Waals surface area contributed by atoms with E-state index in [4.69, 9.17) is 10.3 Å². The molecule has 1 N–H and O–H groups in total. The first-order chi connectivity index (χ1) is 6.11. The van der Waals surface area contributed by atoms with Gasteiger partial charge in [-0.1, -0.05) is 0 Å². The predicted molar refractivity (Wildman–Crippen MR) is 40.7 cm³/mol. The lowest BCUT2D eigenvalue weighted by atomic mass is 10.2. The fourth-order valence-corrected chi connectivity index (χ4v) is 1.02. The molecule has 1 rings (SSSR count). The minimum atomic E-state index is -0.939. The van der Waals surface area contributed by atoms with Crippen LogP contribution in [-0.2, 0) is 9.53 Å². The molecule has 70 valence electrons. The molecule has 3 amide bonds. The van der Waals surface area contributed by atoms with Crippen LogP contribution in [0.3, 0.4) is 0 Å². The number of hydrogen-bond acceptors (Lipinski definition) is 3. The highest BCUT2D eigenvalue weighted by atomic mass is 16.5. The quantitative estimate of drug-likeness (QED) is 0.410. The summed E-state index contributed by atoms with van der Waals surface area (Å²) in [6, 6.07) is -0.593. The van der Waals surface area contributed by atoms with Gasteiger partial charge >= 0.3 is 17.6 Å². The Morgan fingerprint density at radius 2 is 2.23 bits per heavy atom. The molecule has 0 spiro atoms. The highest BCUT2D eigenvalue weighted by Crippen LogP contribution is 2.04. The number of nitrogens with one attached hydrogen (secondary N) is 1. The van der Waals surface area contributed by atoms with Gasteiger partial charge in [-0.3, -0.25) is 15.0 Å². The zero-order chi connectivity index (χ0) is 10.0. The van der Waals surface area contributed by atoms with Gasteiger partial charge in [0, 0.05) is 14.2 Å². The van der Waals surface area contributed by atoms with E-state index in [1.54, 1.807) is 0 Å². The SMILES string of the molecule is CO[C@H]1C(=[N+]=[N-])C(=O)NC(=O)N1C. The normalized spacial score (nSPS) is 22.8. The van der Waals surface area contributed by atoms with E-state index in [-0.39, 0.29) is 5.71 Å². The number of urea groups is 1. The molecule has 1 aliphatic heterocycles. The minimum absolute atomic E-state index is 0.246. The van der Waals surface area contributed by atoms with E-state index in [0.29, 0.717) is 0 Å². The topological polar surface area (TPSA) is 95.0 Å². The van der Waals surface area contributed by atoms with Crippen molar-refractivity contribution in [1.29, 1.82) is 0 Å². The molecule has 1 atom stereocenters. The van der Waals surface area contributed by atoms with E-state index in [1.165, 1.54) is 14.2 Å². The molecule has 0 saturated carbocycles. The second-order valence-electron chi connectivity index (χ2n) is 2.44. The number of hydrogen-bond donors (Lipinski definition) is 1. The molecule has 0 aromatic heterocycles. The summed E-state index contributed by atoms with van der Waals surface area (Å²) in [4.78, 5) is 25.9. The Morgan fingerprint density at radius 3 is 2.69 bits per heavy atom. The zero-order valence-electron chi connectivity index (χ0n) is 7.14. The van der Waals surface area contributed by atoms with Crippen molar-refractivity contribution in [3.8, 4) is 0 Å². The first-order valence-corrected chi connectivity index (χ1v) is 3.44. The van der Waals surface area contributed by atoms with Crippen molar-refractivity contribution in [1.82, 2.24) is 10.2 Å². The van der Waals surface area contributed by atoms with E-state index in [2.05, 4.69) is 4.79 Å². The molecule has 0 aliphatic carbocycles. The van der Waals surface area contributed by atoms with Crippen molar-refractivity contribution < 1.29 is 19.1 Å². The lowest BCUT2D eigenvalue weighted by Gasteiger charge is -2.26. The number of ether oxygens (including phenoxy) is 1. The van der Waals surface area contributed by atoms with E-state index in [0.717, 1.165) is 4.90 Å². The van der Waals surface area contributed by atoms with Gasteiger partial charge in [-0.05, 0) is 0 Å². The summed E-state index contributed by atoms with van der Waals surface area (Å²) in [5.41, 5.74) is 8.23. The lowest BCUT2D eigenvalue weighted by molar-refractivity contribution is -0.124. The second kappa shape index (κ2) is 3.34. The van der Waals surface area contributed by atoms with E-state index in [9.17, 15) is 9.59 Å². The highest BCUT2D eigenvalue weighted by molar-refractivity contribution is 6.42. The van der Waals surface area contributed by atoms with Crippen molar-refractivity contribution in [3.05, 3.63) is 5.53 Å². The number of carbonyl (C=O) groups excluding carboxylic acids is 2. The molecule has 13 heavy (non-hydrogen) atoms. The van der Waals surface area contributed by atoms with Crippen molar-refractivity contribution in [2.45, 2.75) is 6.23 Å². The van der Waals surface area contributed by atoms with Crippen LogP contribution < -0.4 is 5.32 Å². The molecule has 1 saturated heterocycles. The molecule has 1 fully saturated rings. The molecular weight excluding hydrogens is 176 g/mol. The largest absolute Gasteiger partial charge is 0.405 e. The summed E-state index contributed by atoms with van der Waals surface area (Å²) < 4.78 is 4.80. The molecule has 0 aromatic carbocycles. The first kappa shape index (κ1) is 9.37. The number of rotatable bonds is 1. The predicted octanol–water partition coefficient (Wildman–Crippen LogP) is -1.19. The fraction of sp³-hybridized carbons (Fsp3) is 0.500. The van der Waals surface area contributed by atoms with Gasteiger partial charge in [0.2, 0.25) is 6.23 Å². The molecule has 1 heterocycles. The van der Waals surface area contributed by atoms with E-state index >= 15 is 0 Å². The molecular formula is C6H8N4O3. The van der Waals surface area contributed by atoms with Crippen LogP contribution in [0.5, 0.6) is 0 Å². The number of nitrogens with zero attached hydrogens (tertiary/aromatic N) is 3. The van der Waals surface area contributed by atoms with Gasteiger partial charge in [0.15, 0.2) is 0 Å². The Hall–Kier alpha value is -1.72.